The van der Waals surface area contributed by atoms with Crippen molar-refractivity contribution in [3.63, 3.8) is 0 Å². The monoisotopic (exact) mass is 476 g/mol. The standard InChI is InChI=1S/C20H21BrN4O3S/c21-17-12-15(13-22-24-20(29)23-16-4-2-1-3-5-16)6-7-18(17)28-14-19(26)25-8-10-27-11-9-25/h1-7,12-13H,8-11,14H2,(H2,23,24,29)/b22-13+. The molecule has 2 aromatic carbocycles. The molecule has 0 spiro atoms. The summed E-state index contributed by atoms with van der Waals surface area (Å²) in [4.78, 5) is 13.9. The first-order valence-electron chi connectivity index (χ1n) is 9.05. The van der Waals surface area contributed by atoms with E-state index in [1.807, 2.05) is 42.5 Å². The number of nitrogens with one attached hydrogen (secondary N) is 2. The van der Waals surface area contributed by atoms with E-state index in [1.165, 1.54) is 0 Å². The van der Waals surface area contributed by atoms with Crippen LogP contribution in [-0.4, -0.2) is 55.0 Å². The smallest absolute Gasteiger partial charge is 0.260 e. The second-order valence-electron chi connectivity index (χ2n) is 6.16. The molecule has 152 valence electrons. The largest absolute Gasteiger partial charge is 0.483 e. The van der Waals surface area contributed by atoms with Crippen LogP contribution in [0.15, 0.2) is 58.1 Å². The van der Waals surface area contributed by atoms with Crippen molar-refractivity contribution in [1.82, 2.24) is 10.3 Å². The summed E-state index contributed by atoms with van der Waals surface area (Å²) in [6.45, 7) is 2.34. The van der Waals surface area contributed by atoms with Gasteiger partial charge in [0.1, 0.15) is 5.75 Å². The molecule has 0 atom stereocenters. The van der Waals surface area contributed by atoms with Crippen molar-refractivity contribution >= 4 is 51.1 Å². The van der Waals surface area contributed by atoms with Gasteiger partial charge in [-0.2, -0.15) is 5.10 Å². The van der Waals surface area contributed by atoms with Crippen LogP contribution in [0.25, 0.3) is 0 Å². The molecule has 0 bridgehead atoms. The Morgan fingerprint density at radius 1 is 1.24 bits per heavy atom. The zero-order valence-corrected chi connectivity index (χ0v) is 18.0. The Hall–Kier alpha value is -2.49. The maximum absolute atomic E-state index is 12.2. The highest BCUT2D eigenvalue weighted by Crippen LogP contribution is 2.25. The van der Waals surface area contributed by atoms with Crippen LogP contribution in [0.5, 0.6) is 5.75 Å². The van der Waals surface area contributed by atoms with Gasteiger partial charge in [0.25, 0.3) is 5.91 Å². The molecule has 0 unspecified atom stereocenters. The number of thiocarbonyl (C=S) groups is 1. The number of carbonyl (C=O) groups excluding carboxylic acids is 1. The molecular formula is C20H21BrN4O3S. The van der Waals surface area contributed by atoms with Gasteiger partial charge in [-0.15, -0.1) is 0 Å². The first kappa shape index (κ1) is 21.2. The van der Waals surface area contributed by atoms with Crippen molar-refractivity contribution in [2.24, 2.45) is 5.10 Å². The number of hydrogen-bond acceptors (Lipinski definition) is 5. The Morgan fingerprint density at radius 3 is 2.72 bits per heavy atom. The van der Waals surface area contributed by atoms with E-state index in [9.17, 15) is 4.79 Å². The zero-order valence-electron chi connectivity index (χ0n) is 15.6. The number of nitrogens with zero attached hydrogens (tertiary/aromatic N) is 2. The zero-order chi connectivity index (χ0) is 20.5. The molecule has 29 heavy (non-hydrogen) atoms. The average molecular weight is 477 g/mol. The van der Waals surface area contributed by atoms with E-state index < -0.39 is 0 Å². The van der Waals surface area contributed by atoms with Gasteiger partial charge in [-0.3, -0.25) is 10.2 Å². The van der Waals surface area contributed by atoms with Gasteiger partial charge in [-0.05, 0) is 64.0 Å². The first-order chi connectivity index (χ1) is 14.1. The quantitative estimate of drug-likeness (QED) is 0.379. The van der Waals surface area contributed by atoms with Crippen molar-refractivity contribution in [3.8, 4) is 5.75 Å². The van der Waals surface area contributed by atoms with Gasteiger partial charge in [-0.1, -0.05) is 18.2 Å². The lowest BCUT2D eigenvalue weighted by Gasteiger charge is -2.26. The second kappa shape index (κ2) is 10.9. The third kappa shape index (κ3) is 6.81. The van der Waals surface area contributed by atoms with Crippen molar-refractivity contribution in [2.75, 3.05) is 38.2 Å². The van der Waals surface area contributed by atoms with E-state index in [-0.39, 0.29) is 12.5 Å². The number of hydrazone groups is 1. The minimum atomic E-state index is -0.0468. The minimum absolute atomic E-state index is 0.00693. The number of benzene rings is 2. The predicted molar refractivity (Wildman–Crippen MR) is 120 cm³/mol. The molecule has 1 heterocycles. The summed E-state index contributed by atoms with van der Waals surface area (Å²) in [6, 6.07) is 15.1. The van der Waals surface area contributed by atoms with Crippen molar-refractivity contribution in [2.45, 2.75) is 0 Å². The van der Waals surface area contributed by atoms with Crippen LogP contribution in [-0.2, 0) is 9.53 Å². The summed E-state index contributed by atoms with van der Waals surface area (Å²) in [5, 5.41) is 7.56. The molecule has 0 saturated carbocycles. The van der Waals surface area contributed by atoms with Gasteiger partial charge in [0.2, 0.25) is 0 Å². The molecule has 2 N–H and O–H groups in total. The van der Waals surface area contributed by atoms with Crippen molar-refractivity contribution in [3.05, 3.63) is 58.6 Å². The summed E-state index contributed by atoms with van der Waals surface area (Å²) in [5.74, 6) is 0.549. The van der Waals surface area contributed by atoms with Crippen LogP contribution in [0.1, 0.15) is 5.56 Å². The Labute approximate surface area is 183 Å². The van der Waals surface area contributed by atoms with Crippen molar-refractivity contribution < 1.29 is 14.3 Å². The van der Waals surface area contributed by atoms with Gasteiger partial charge in [0.05, 0.1) is 23.9 Å². The lowest BCUT2D eigenvalue weighted by Crippen LogP contribution is -2.43. The Kier molecular flexibility index (Phi) is 7.97. The minimum Gasteiger partial charge on any atom is -0.483 e. The summed E-state index contributed by atoms with van der Waals surface area (Å²) < 4.78 is 11.6. The molecule has 1 saturated heterocycles. The van der Waals surface area contributed by atoms with E-state index in [2.05, 4.69) is 31.8 Å². The molecule has 1 aliphatic rings. The van der Waals surface area contributed by atoms with Crippen LogP contribution < -0.4 is 15.5 Å². The van der Waals surface area contributed by atoms with Crippen LogP contribution in [0, 0.1) is 0 Å². The van der Waals surface area contributed by atoms with E-state index in [4.69, 9.17) is 21.7 Å². The molecule has 0 radical (unpaired) electrons. The normalized spacial score (nSPS) is 13.9. The Bertz CT molecular complexity index is 873. The maximum atomic E-state index is 12.2. The van der Waals surface area contributed by atoms with E-state index >= 15 is 0 Å². The maximum Gasteiger partial charge on any atom is 0.260 e. The van der Waals surface area contributed by atoms with Crippen LogP contribution in [0.4, 0.5) is 5.69 Å². The molecule has 1 amide bonds. The predicted octanol–water partition coefficient (Wildman–Crippen LogP) is 3.01. The van der Waals surface area contributed by atoms with Gasteiger partial charge >= 0.3 is 0 Å². The van der Waals surface area contributed by atoms with Gasteiger partial charge < -0.3 is 19.7 Å². The molecule has 0 aromatic heterocycles. The summed E-state index contributed by atoms with van der Waals surface area (Å²) in [7, 11) is 0. The number of halogens is 1. The Morgan fingerprint density at radius 2 is 2.00 bits per heavy atom. The Balaban J connectivity index is 1.47. The molecule has 2 aromatic rings. The number of hydrogen-bond donors (Lipinski definition) is 2. The van der Waals surface area contributed by atoms with Crippen LogP contribution >= 0.6 is 28.1 Å². The molecule has 3 rings (SSSR count). The fraction of sp³-hybridized carbons (Fsp3) is 0.250. The van der Waals surface area contributed by atoms with Gasteiger partial charge in [0, 0.05) is 18.8 Å². The second-order valence-corrected chi connectivity index (χ2v) is 7.42. The highest BCUT2D eigenvalue weighted by molar-refractivity contribution is 9.10. The number of rotatable bonds is 6. The van der Waals surface area contributed by atoms with E-state index in [1.54, 1.807) is 17.2 Å². The summed E-state index contributed by atoms with van der Waals surface area (Å²) >= 11 is 8.67. The average Bonchev–Trinajstić information content (AvgIpc) is 2.74. The molecule has 1 aliphatic heterocycles. The van der Waals surface area contributed by atoms with E-state index in [0.717, 1.165) is 15.7 Å². The van der Waals surface area contributed by atoms with E-state index in [0.29, 0.717) is 37.2 Å². The third-order valence-electron chi connectivity index (χ3n) is 4.08. The molecule has 1 fully saturated rings. The summed E-state index contributed by atoms with van der Waals surface area (Å²) in [5.41, 5.74) is 4.50. The number of para-hydroxylation sites is 1. The topological polar surface area (TPSA) is 75.2 Å². The first-order valence-corrected chi connectivity index (χ1v) is 10.2. The molecule has 0 aliphatic carbocycles. The third-order valence-corrected chi connectivity index (χ3v) is 4.90. The highest BCUT2D eigenvalue weighted by atomic mass is 79.9. The number of amides is 1. The SMILES string of the molecule is O=C(COc1ccc(/C=N/NC(=S)Nc2ccccc2)cc1Br)N1CCOCC1. The van der Waals surface area contributed by atoms with Crippen LogP contribution in [0.2, 0.25) is 0 Å². The fourth-order valence-corrected chi connectivity index (χ4v) is 3.29. The highest BCUT2D eigenvalue weighted by Gasteiger charge is 2.17. The summed E-state index contributed by atoms with van der Waals surface area (Å²) in [6.07, 6.45) is 1.65. The number of morpholine rings is 1. The number of carbonyl (C=O) groups is 1. The van der Waals surface area contributed by atoms with Crippen molar-refractivity contribution in [1.29, 1.82) is 0 Å². The molecular weight excluding hydrogens is 456 g/mol. The van der Waals surface area contributed by atoms with Crippen LogP contribution in [0.3, 0.4) is 0 Å². The fourth-order valence-electron chi connectivity index (χ4n) is 2.60. The lowest BCUT2D eigenvalue weighted by atomic mass is 10.2. The van der Waals surface area contributed by atoms with Gasteiger partial charge in [0.15, 0.2) is 11.7 Å². The number of anilines is 1. The lowest BCUT2D eigenvalue weighted by molar-refractivity contribution is -0.137. The molecule has 9 heteroatoms. The number of ether oxygens (including phenoxy) is 2. The molecule has 7 nitrogen and oxygen atoms in total. The van der Waals surface area contributed by atoms with Gasteiger partial charge in [-0.25, -0.2) is 0 Å².